The Hall–Kier alpha value is -0.860. The van der Waals surface area contributed by atoms with Gasteiger partial charge < -0.3 is 9.80 Å². The van der Waals surface area contributed by atoms with E-state index in [1.807, 2.05) is 0 Å². The first-order valence-electron chi connectivity index (χ1n) is 6.48. The van der Waals surface area contributed by atoms with E-state index in [0.717, 1.165) is 6.04 Å². The lowest BCUT2D eigenvalue weighted by Crippen LogP contribution is -3.28. The van der Waals surface area contributed by atoms with Gasteiger partial charge in [-0.25, -0.2) is 0 Å². The van der Waals surface area contributed by atoms with E-state index >= 15 is 0 Å². The minimum atomic E-state index is 0.790. The molecule has 88 valence electrons. The Labute approximate surface area is 98.9 Å². The molecule has 1 aliphatic rings. The highest BCUT2D eigenvalue weighted by Crippen LogP contribution is 1.95. The highest BCUT2D eigenvalue weighted by molar-refractivity contribution is 5.13. The van der Waals surface area contributed by atoms with Crippen LogP contribution >= 0.6 is 0 Å². The molecule has 1 aromatic rings. The maximum Gasteiger partial charge on any atom is 0.127 e. The van der Waals surface area contributed by atoms with Crippen LogP contribution in [-0.4, -0.2) is 32.2 Å². The molecule has 2 rings (SSSR count). The highest BCUT2D eigenvalue weighted by Gasteiger charge is 2.24. The average Bonchev–Trinajstić information content (AvgIpc) is 2.31. The van der Waals surface area contributed by atoms with Crippen molar-refractivity contribution in [1.29, 1.82) is 0 Å². The molecule has 1 heterocycles. The summed E-state index contributed by atoms with van der Waals surface area (Å²) in [7, 11) is 0. The van der Waals surface area contributed by atoms with Crippen LogP contribution in [-0.2, 0) is 6.54 Å². The zero-order valence-electron chi connectivity index (χ0n) is 10.5. The van der Waals surface area contributed by atoms with Crippen LogP contribution in [0.15, 0.2) is 30.3 Å². The molecule has 1 saturated heterocycles. The lowest BCUT2D eigenvalue weighted by atomic mass is 10.2. The molecule has 1 aromatic carbocycles. The normalized spacial score (nSPS) is 25.9. The third-order valence-corrected chi connectivity index (χ3v) is 3.71. The number of hydrogen-bond acceptors (Lipinski definition) is 0. The summed E-state index contributed by atoms with van der Waals surface area (Å²) < 4.78 is 0. The van der Waals surface area contributed by atoms with Gasteiger partial charge in [0.25, 0.3) is 0 Å². The summed E-state index contributed by atoms with van der Waals surface area (Å²) in [6.07, 6.45) is 0. The molecule has 0 amide bonds. The van der Waals surface area contributed by atoms with Crippen molar-refractivity contribution in [2.45, 2.75) is 26.4 Å². The van der Waals surface area contributed by atoms with Crippen molar-refractivity contribution >= 4 is 0 Å². The maximum atomic E-state index is 2.33. The van der Waals surface area contributed by atoms with Crippen molar-refractivity contribution < 1.29 is 9.80 Å². The Balaban J connectivity index is 1.82. The number of piperazine rings is 1. The standard InChI is InChI=1S/C14H22N2/c1-13(2)16-10-8-15(9-11-16)12-14-6-4-3-5-7-14/h3-7,13H,8-12H2,1-2H3/p+2. The van der Waals surface area contributed by atoms with Crippen molar-refractivity contribution in [3.8, 4) is 0 Å². The molecule has 0 spiro atoms. The SMILES string of the molecule is CC(C)[NH+]1CC[NH+](Cc2ccccc2)CC1. The van der Waals surface area contributed by atoms with Gasteiger partial charge in [0.1, 0.15) is 32.7 Å². The van der Waals surface area contributed by atoms with Crippen molar-refractivity contribution in [3.05, 3.63) is 35.9 Å². The molecule has 0 radical (unpaired) electrons. The molecular formula is C14H24N2+2. The second-order valence-corrected chi connectivity index (χ2v) is 5.23. The van der Waals surface area contributed by atoms with Gasteiger partial charge in [0, 0.05) is 5.56 Å². The minimum Gasteiger partial charge on any atom is -0.324 e. The third-order valence-electron chi connectivity index (χ3n) is 3.71. The van der Waals surface area contributed by atoms with Crippen LogP contribution in [0.2, 0.25) is 0 Å². The summed E-state index contributed by atoms with van der Waals surface area (Å²) in [4.78, 5) is 3.52. The lowest BCUT2D eigenvalue weighted by Gasteiger charge is -2.32. The summed E-state index contributed by atoms with van der Waals surface area (Å²) in [5.74, 6) is 0. The van der Waals surface area contributed by atoms with Gasteiger partial charge in [-0.05, 0) is 13.8 Å². The first-order chi connectivity index (χ1) is 7.75. The number of rotatable bonds is 3. The van der Waals surface area contributed by atoms with E-state index in [2.05, 4.69) is 44.2 Å². The van der Waals surface area contributed by atoms with E-state index in [-0.39, 0.29) is 0 Å². The van der Waals surface area contributed by atoms with Crippen LogP contribution in [0.4, 0.5) is 0 Å². The van der Waals surface area contributed by atoms with E-state index in [4.69, 9.17) is 0 Å². The Bertz CT molecular complexity index is 300. The van der Waals surface area contributed by atoms with E-state index in [9.17, 15) is 0 Å². The number of nitrogens with one attached hydrogen (secondary N) is 2. The molecule has 1 fully saturated rings. The predicted octanol–water partition coefficient (Wildman–Crippen LogP) is -0.622. The van der Waals surface area contributed by atoms with Crippen LogP contribution in [0, 0.1) is 0 Å². The smallest absolute Gasteiger partial charge is 0.127 e. The number of benzene rings is 1. The first kappa shape index (κ1) is 11.6. The van der Waals surface area contributed by atoms with Crippen molar-refractivity contribution in [3.63, 3.8) is 0 Å². The van der Waals surface area contributed by atoms with E-state index in [0.29, 0.717) is 0 Å². The molecule has 2 nitrogen and oxygen atoms in total. The second kappa shape index (κ2) is 5.46. The minimum absolute atomic E-state index is 0.790. The van der Waals surface area contributed by atoms with E-state index in [1.54, 1.807) is 9.80 Å². The Morgan fingerprint density at radius 1 is 1.00 bits per heavy atom. The maximum absolute atomic E-state index is 2.33. The summed E-state index contributed by atoms with van der Waals surface area (Å²) in [6.45, 7) is 11.2. The molecule has 2 N–H and O–H groups in total. The lowest BCUT2D eigenvalue weighted by molar-refractivity contribution is -1.03. The molecular weight excluding hydrogens is 196 g/mol. The van der Waals surface area contributed by atoms with Crippen molar-refractivity contribution in [2.75, 3.05) is 26.2 Å². The molecule has 2 heteroatoms. The van der Waals surface area contributed by atoms with E-state index < -0.39 is 0 Å². The number of quaternary nitrogens is 2. The van der Waals surface area contributed by atoms with Gasteiger partial charge in [0.2, 0.25) is 0 Å². The van der Waals surface area contributed by atoms with Crippen LogP contribution in [0.25, 0.3) is 0 Å². The van der Waals surface area contributed by atoms with Crippen molar-refractivity contribution in [1.82, 2.24) is 0 Å². The molecule has 0 unspecified atom stereocenters. The zero-order valence-corrected chi connectivity index (χ0v) is 10.5. The Morgan fingerprint density at radius 2 is 1.62 bits per heavy atom. The quantitative estimate of drug-likeness (QED) is 0.672. The molecule has 0 aromatic heterocycles. The first-order valence-corrected chi connectivity index (χ1v) is 6.48. The highest BCUT2D eigenvalue weighted by atomic mass is 15.3. The van der Waals surface area contributed by atoms with Gasteiger partial charge in [-0.1, -0.05) is 30.3 Å². The monoisotopic (exact) mass is 220 g/mol. The molecule has 0 saturated carbocycles. The molecule has 0 atom stereocenters. The Morgan fingerprint density at radius 3 is 2.19 bits per heavy atom. The summed E-state index contributed by atoms with van der Waals surface area (Å²) >= 11 is 0. The van der Waals surface area contributed by atoms with Crippen LogP contribution in [0.1, 0.15) is 19.4 Å². The van der Waals surface area contributed by atoms with Gasteiger partial charge in [0.15, 0.2) is 0 Å². The molecule has 0 aliphatic carbocycles. The molecule has 1 aliphatic heterocycles. The van der Waals surface area contributed by atoms with Gasteiger partial charge in [-0.3, -0.25) is 0 Å². The van der Waals surface area contributed by atoms with Gasteiger partial charge in [0.05, 0.1) is 6.04 Å². The van der Waals surface area contributed by atoms with Crippen molar-refractivity contribution in [2.24, 2.45) is 0 Å². The predicted molar refractivity (Wildman–Crippen MR) is 66.7 cm³/mol. The summed E-state index contributed by atoms with van der Waals surface area (Å²) in [6, 6.07) is 11.7. The molecule has 16 heavy (non-hydrogen) atoms. The van der Waals surface area contributed by atoms with Crippen LogP contribution < -0.4 is 9.80 Å². The van der Waals surface area contributed by atoms with Gasteiger partial charge >= 0.3 is 0 Å². The van der Waals surface area contributed by atoms with Gasteiger partial charge in [-0.2, -0.15) is 0 Å². The topological polar surface area (TPSA) is 8.88 Å². The number of hydrogen-bond donors (Lipinski definition) is 2. The zero-order chi connectivity index (χ0) is 11.4. The van der Waals surface area contributed by atoms with Crippen LogP contribution in [0.3, 0.4) is 0 Å². The average molecular weight is 220 g/mol. The fourth-order valence-corrected chi connectivity index (χ4v) is 2.56. The Kier molecular flexibility index (Phi) is 3.97. The van der Waals surface area contributed by atoms with E-state index in [1.165, 1.54) is 38.3 Å². The summed E-state index contributed by atoms with van der Waals surface area (Å²) in [5, 5.41) is 0. The molecule has 0 bridgehead atoms. The van der Waals surface area contributed by atoms with Crippen LogP contribution in [0.5, 0.6) is 0 Å². The summed E-state index contributed by atoms with van der Waals surface area (Å²) in [5.41, 5.74) is 1.48. The second-order valence-electron chi connectivity index (χ2n) is 5.23. The largest absolute Gasteiger partial charge is 0.324 e. The van der Waals surface area contributed by atoms with Gasteiger partial charge in [-0.15, -0.1) is 0 Å². The third kappa shape index (κ3) is 3.06. The fourth-order valence-electron chi connectivity index (χ4n) is 2.56. The fraction of sp³-hybridized carbons (Fsp3) is 0.571.